The van der Waals surface area contributed by atoms with Gasteiger partial charge in [-0.25, -0.2) is 0 Å². The van der Waals surface area contributed by atoms with Crippen LogP contribution in [-0.2, 0) is 11.0 Å². The molecular formula is C8H10F3N5O. The third-order valence-corrected chi connectivity index (χ3v) is 2.52. The smallest absolute Gasteiger partial charge is 0.330 e. The summed E-state index contributed by atoms with van der Waals surface area (Å²) in [7, 11) is 0. The maximum Gasteiger partial charge on any atom is 0.451 e. The molecule has 1 unspecified atom stereocenters. The average molecular weight is 249 g/mol. The van der Waals surface area contributed by atoms with Crippen molar-refractivity contribution in [3.05, 3.63) is 5.82 Å². The molecule has 1 aliphatic rings. The van der Waals surface area contributed by atoms with Crippen molar-refractivity contribution >= 4 is 11.9 Å². The second-order valence-corrected chi connectivity index (χ2v) is 3.79. The molecular weight excluding hydrogens is 239 g/mol. The summed E-state index contributed by atoms with van der Waals surface area (Å²) in [4.78, 5) is 15.9. The van der Waals surface area contributed by atoms with Crippen molar-refractivity contribution in [2.24, 2.45) is 11.7 Å². The Morgan fingerprint density at radius 3 is 2.71 bits per heavy atom. The van der Waals surface area contributed by atoms with Crippen molar-refractivity contribution in [3.63, 3.8) is 0 Å². The van der Waals surface area contributed by atoms with E-state index in [-0.39, 0.29) is 30.7 Å². The topological polar surface area (TPSA) is 87.9 Å². The van der Waals surface area contributed by atoms with Crippen LogP contribution in [0.4, 0.5) is 19.1 Å². The van der Waals surface area contributed by atoms with Crippen LogP contribution in [0.25, 0.3) is 0 Å². The zero-order valence-electron chi connectivity index (χ0n) is 8.66. The van der Waals surface area contributed by atoms with E-state index < -0.39 is 12.0 Å². The van der Waals surface area contributed by atoms with Gasteiger partial charge in [0.05, 0.1) is 0 Å². The van der Waals surface area contributed by atoms with E-state index in [0.29, 0.717) is 6.54 Å². The molecule has 0 radical (unpaired) electrons. The summed E-state index contributed by atoms with van der Waals surface area (Å²) in [6.07, 6.45) is -4.38. The van der Waals surface area contributed by atoms with E-state index in [1.54, 1.807) is 5.10 Å². The number of carbonyl (C=O) groups is 1. The molecule has 94 valence electrons. The van der Waals surface area contributed by atoms with Gasteiger partial charge < -0.3 is 5.73 Å². The van der Waals surface area contributed by atoms with Crippen molar-refractivity contribution in [2.45, 2.75) is 12.6 Å². The lowest BCUT2D eigenvalue weighted by atomic mass is 10.1. The van der Waals surface area contributed by atoms with Crippen LogP contribution in [0.1, 0.15) is 12.2 Å². The van der Waals surface area contributed by atoms with Crippen molar-refractivity contribution in [1.29, 1.82) is 0 Å². The highest BCUT2D eigenvalue weighted by Gasteiger charge is 2.38. The van der Waals surface area contributed by atoms with E-state index in [1.165, 1.54) is 0 Å². The number of hydrogen-bond donors (Lipinski definition) is 2. The fourth-order valence-electron chi connectivity index (χ4n) is 1.63. The predicted molar refractivity (Wildman–Crippen MR) is 50.9 cm³/mol. The standard InChI is InChI=1S/C8H10F3N5O/c9-8(10,11)6-13-7(15-14-6)16-3-4(2-12)1-5(16)17/h4H,1-3,12H2,(H,13,14,15). The Balaban J connectivity index is 2.19. The van der Waals surface area contributed by atoms with E-state index in [0.717, 1.165) is 4.90 Å². The molecule has 1 saturated heterocycles. The summed E-state index contributed by atoms with van der Waals surface area (Å²) in [5.41, 5.74) is 5.40. The van der Waals surface area contributed by atoms with Crippen molar-refractivity contribution < 1.29 is 18.0 Å². The van der Waals surface area contributed by atoms with Crippen LogP contribution >= 0.6 is 0 Å². The van der Waals surface area contributed by atoms with Crippen molar-refractivity contribution in [1.82, 2.24) is 15.2 Å². The van der Waals surface area contributed by atoms with E-state index in [2.05, 4.69) is 10.1 Å². The predicted octanol–water partition coefficient (Wildman–Crippen LogP) is 0.135. The van der Waals surface area contributed by atoms with Gasteiger partial charge in [0.25, 0.3) is 5.95 Å². The zero-order chi connectivity index (χ0) is 12.6. The molecule has 1 fully saturated rings. The van der Waals surface area contributed by atoms with Crippen LogP contribution in [0.3, 0.4) is 0 Å². The van der Waals surface area contributed by atoms with Crippen LogP contribution in [0, 0.1) is 5.92 Å². The number of halogens is 3. The monoisotopic (exact) mass is 249 g/mol. The fourth-order valence-corrected chi connectivity index (χ4v) is 1.63. The van der Waals surface area contributed by atoms with Gasteiger partial charge in [-0.2, -0.15) is 18.2 Å². The number of anilines is 1. The Kier molecular flexibility index (Phi) is 2.77. The lowest BCUT2D eigenvalue weighted by Crippen LogP contribution is -2.27. The SMILES string of the molecule is NCC1CC(=O)N(c2n[nH]c(C(F)(F)F)n2)C1. The Bertz CT molecular complexity index is 429. The van der Waals surface area contributed by atoms with Gasteiger partial charge in [-0.05, 0) is 12.5 Å². The van der Waals surface area contributed by atoms with Gasteiger partial charge in [0.1, 0.15) is 0 Å². The van der Waals surface area contributed by atoms with Crippen LogP contribution in [0.2, 0.25) is 0 Å². The minimum absolute atomic E-state index is 0.0599. The molecule has 2 rings (SSSR count). The van der Waals surface area contributed by atoms with Gasteiger partial charge in [0.2, 0.25) is 11.7 Å². The quantitative estimate of drug-likeness (QED) is 0.780. The van der Waals surface area contributed by atoms with Gasteiger partial charge in [-0.1, -0.05) is 0 Å². The second-order valence-electron chi connectivity index (χ2n) is 3.79. The highest BCUT2D eigenvalue weighted by atomic mass is 19.4. The number of nitrogens with two attached hydrogens (primary N) is 1. The molecule has 1 amide bonds. The molecule has 17 heavy (non-hydrogen) atoms. The van der Waals surface area contributed by atoms with Crippen LogP contribution in [0.15, 0.2) is 0 Å². The van der Waals surface area contributed by atoms with Crippen molar-refractivity contribution in [3.8, 4) is 0 Å². The third kappa shape index (κ3) is 2.23. The summed E-state index contributed by atoms with van der Waals surface area (Å²) in [5.74, 6) is -1.83. The number of hydrogen-bond acceptors (Lipinski definition) is 4. The first-order chi connectivity index (χ1) is 7.91. The summed E-state index contributed by atoms with van der Waals surface area (Å²) in [6, 6.07) is 0. The Hall–Kier alpha value is -1.64. The van der Waals surface area contributed by atoms with E-state index >= 15 is 0 Å². The second kappa shape index (κ2) is 3.99. The van der Waals surface area contributed by atoms with Gasteiger partial charge in [-0.3, -0.25) is 14.8 Å². The summed E-state index contributed by atoms with van der Waals surface area (Å²) < 4.78 is 36.8. The first-order valence-electron chi connectivity index (χ1n) is 4.92. The normalized spacial score (nSPS) is 21.3. The number of H-pyrrole nitrogens is 1. The molecule has 1 atom stereocenters. The number of amides is 1. The number of aromatic amines is 1. The van der Waals surface area contributed by atoms with Gasteiger partial charge in [0.15, 0.2) is 0 Å². The lowest BCUT2D eigenvalue weighted by molar-refractivity contribution is -0.144. The number of carbonyl (C=O) groups excluding carboxylic acids is 1. The maximum atomic E-state index is 12.3. The molecule has 0 aromatic carbocycles. The summed E-state index contributed by atoms with van der Waals surface area (Å²) >= 11 is 0. The number of alkyl halides is 3. The molecule has 1 aromatic heterocycles. The largest absolute Gasteiger partial charge is 0.451 e. The lowest BCUT2D eigenvalue weighted by Gasteiger charge is -2.10. The van der Waals surface area contributed by atoms with Gasteiger partial charge >= 0.3 is 6.18 Å². The average Bonchev–Trinajstić information content (AvgIpc) is 2.82. The molecule has 0 saturated carbocycles. The minimum Gasteiger partial charge on any atom is -0.330 e. The van der Waals surface area contributed by atoms with Gasteiger partial charge in [-0.15, -0.1) is 5.10 Å². The first kappa shape index (κ1) is 11.8. The third-order valence-electron chi connectivity index (χ3n) is 2.52. The molecule has 0 bridgehead atoms. The highest BCUT2D eigenvalue weighted by Crippen LogP contribution is 2.28. The van der Waals surface area contributed by atoms with E-state index in [4.69, 9.17) is 5.73 Å². The fraction of sp³-hybridized carbons (Fsp3) is 0.625. The molecule has 0 spiro atoms. The number of aromatic nitrogens is 3. The summed E-state index contributed by atoms with van der Waals surface area (Å²) in [5, 5.41) is 5.16. The van der Waals surface area contributed by atoms with Crippen LogP contribution in [-0.4, -0.2) is 34.2 Å². The van der Waals surface area contributed by atoms with Crippen LogP contribution < -0.4 is 10.6 Å². The zero-order valence-corrected chi connectivity index (χ0v) is 8.66. The number of rotatable bonds is 2. The minimum atomic E-state index is -4.60. The number of nitrogens with zero attached hydrogens (tertiary/aromatic N) is 3. The Labute approximate surface area is 94.0 Å². The molecule has 1 aromatic rings. The highest BCUT2D eigenvalue weighted by molar-refractivity contribution is 5.94. The van der Waals surface area contributed by atoms with Gasteiger partial charge in [0, 0.05) is 13.0 Å². The first-order valence-corrected chi connectivity index (χ1v) is 4.92. The van der Waals surface area contributed by atoms with Crippen LogP contribution in [0.5, 0.6) is 0 Å². The van der Waals surface area contributed by atoms with E-state index in [1.807, 2.05) is 0 Å². The summed E-state index contributed by atoms with van der Waals surface area (Å²) in [6.45, 7) is 0.559. The number of nitrogens with one attached hydrogen (secondary N) is 1. The molecule has 1 aliphatic heterocycles. The van der Waals surface area contributed by atoms with E-state index in [9.17, 15) is 18.0 Å². The molecule has 6 nitrogen and oxygen atoms in total. The Morgan fingerprint density at radius 1 is 1.53 bits per heavy atom. The Morgan fingerprint density at radius 2 is 2.24 bits per heavy atom. The maximum absolute atomic E-state index is 12.3. The molecule has 2 heterocycles. The molecule has 9 heteroatoms. The molecule has 0 aliphatic carbocycles. The van der Waals surface area contributed by atoms with Crippen molar-refractivity contribution in [2.75, 3.05) is 18.0 Å². The molecule has 3 N–H and O–H groups in total.